The lowest BCUT2D eigenvalue weighted by Crippen LogP contribution is -2.33. The molecule has 1 saturated heterocycles. The molecule has 11 heteroatoms. The van der Waals surface area contributed by atoms with Gasteiger partial charge in [0.2, 0.25) is 0 Å². The van der Waals surface area contributed by atoms with Crippen LogP contribution in [0.4, 0.5) is 24.5 Å². The van der Waals surface area contributed by atoms with Crippen LogP contribution >= 0.6 is 0 Å². The number of halogens is 3. The number of carbonyl (C=O) groups is 1. The lowest BCUT2D eigenvalue weighted by molar-refractivity contribution is -0.140. The molecule has 4 rings (SSSR count). The molecule has 1 atom stereocenters. The standard InChI is InChI=1S/C24H27F3N6O2/c1-4-33-13-15(11-29-33)18-6-5-7-19(30-18)22(34)31-20-10-17(12-28-21(20)24(25,26)27)32-9-8-16(14-32)23(2,3)35/h5-7,10-13,16,35H,4,8-9,14H2,1-3H3,(H,31,34)/t16-/m1/s1. The van der Waals surface area contributed by atoms with Crippen molar-refractivity contribution >= 4 is 17.3 Å². The lowest BCUT2D eigenvalue weighted by Gasteiger charge is -2.26. The molecule has 1 aliphatic rings. The minimum Gasteiger partial charge on any atom is -0.390 e. The quantitative estimate of drug-likeness (QED) is 0.539. The van der Waals surface area contributed by atoms with Gasteiger partial charge in [-0.1, -0.05) is 6.07 Å². The zero-order valence-electron chi connectivity index (χ0n) is 19.7. The molecule has 3 aromatic heterocycles. The fourth-order valence-corrected chi connectivity index (χ4v) is 4.10. The minimum absolute atomic E-state index is 0.0338. The summed E-state index contributed by atoms with van der Waals surface area (Å²) in [6.45, 7) is 7.06. The second-order valence-electron chi connectivity index (χ2n) is 9.12. The van der Waals surface area contributed by atoms with Gasteiger partial charge in [-0.25, -0.2) is 9.97 Å². The van der Waals surface area contributed by atoms with Crippen LogP contribution in [-0.4, -0.2) is 49.5 Å². The van der Waals surface area contributed by atoms with Crippen LogP contribution in [0.1, 0.15) is 43.4 Å². The maximum atomic E-state index is 13.7. The van der Waals surface area contributed by atoms with Crippen LogP contribution < -0.4 is 10.2 Å². The van der Waals surface area contributed by atoms with Crippen molar-refractivity contribution in [3.63, 3.8) is 0 Å². The van der Waals surface area contributed by atoms with Gasteiger partial charge in [0.1, 0.15) is 5.69 Å². The van der Waals surface area contributed by atoms with Crippen molar-refractivity contribution in [1.82, 2.24) is 19.7 Å². The summed E-state index contributed by atoms with van der Waals surface area (Å²) in [6, 6.07) is 6.02. The van der Waals surface area contributed by atoms with Gasteiger partial charge in [0.15, 0.2) is 5.69 Å². The van der Waals surface area contributed by atoms with Crippen LogP contribution in [0.2, 0.25) is 0 Å². The van der Waals surface area contributed by atoms with Crippen LogP contribution in [0.25, 0.3) is 11.3 Å². The molecule has 4 heterocycles. The van der Waals surface area contributed by atoms with Gasteiger partial charge in [0.05, 0.1) is 35.1 Å². The van der Waals surface area contributed by atoms with Crippen molar-refractivity contribution in [1.29, 1.82) is 0 Å². The molecule has 8 nitrogen and oxygen atoms in total. The first-order chi connectivity index (χ1) is 16.5. The number of amides is 1. The molecule has 0 saturated carbocycles. The molecule has 0 spiro atoms. The van der Waals surface area contributed by atoms with Crippen molar-refractivity contribution in [2.75, 3.05) is 23.3 Å². The third-order valence-corrected chi connectivity index (χ3v) is 6.18. The summed E-state index contributed by atoms with van der Waals surface area (Å²) in [5.74, 6) is -0.818. The number of hydrogen-bond donors (Lipinski definition) is 2. The van der Waals surface area contributed by atoms with E-state index in [2.05, 4.69) is 20.4 Å². The molecule has 1 amide bonds. The highest BCUT2D eigenvalue weighted by atomic mass is 19.4. The second-order valence-corrected chi connectivity index (χ2v) is 9.12. The van der Waals surface area contributed by atoms with Gasteiger partial charge in [-0.15, -0.1) is 0 Å². The zero-order chi connectivity index (χ0) is 25.4. The average Bonchev–Trinajstić information content (AvgIpc) is 3.48. The fraction of sp³-hybridized carbons (Fsp3) is 0.417. The number of aryl methyl sites for hydroxylation is 1. The molecule has 186 valence electrons. The summed E-state index contributed by atoms with van der Waals surface area (Å²) in [5.41, 5.74) is -0.963. The van der Waals surface area contributed by atoms with E-state index in [9.17, 15) is 23.1 Å². The van der Waals surface area contributed by atoms with Gasteiger partial charge in [0, 0.05) is 37.3 Å². The summed E-state index contributed by atoms with van der Waals surface area (Å²) in [5, 5.41) is 16.8. The molecule has 0 unspecified atom stereocenters. The molecular weight excluding hydrogens is 461 g/mol. The fourth-order valence-electron chi connectivity index (χ4n) is 4.10. The van der Waals surface area contributed by atoms with Gasteiger partial charge in [-0.2, -0.15) is 18.3 Å². The van der Waals surface area contributed by atoms with E-state index in [0.29, 0.717) is 43.0 Å². The largest absolute Gasteiger partial charge is 0.435 e. The predicted octanol–water partition coefficient (Wildman–Crippen LogP) is 4.23. The predicted molar refractivity (Wildman–Crippen MR) is 125 cm³/mol. The van der Waals surface area contributed by atoms with Crippen LogP contribution in [0.15, 0.2) is 42.9 Å². The molecular formula is C24H27F3N6O2. The molecule has 35 heavy (non-hydrogen) atoms. The Labute approximate surface area is 200 Å². The van der Waals surface area contributed by atoms with E-state index in [1.165, 1.54) is 12.1 Å². The molecule has 0 aliphatic carbocycles. The monoisotopic (exact) mass is 488 g/mol. The van der Waals surface area contributed by atoms with Crippen molar-refractivity contribution in [2.24, 2.45) is 5.92 Å². The first-order valence-electron chi connectivity index (χ1n) is 11.3. The van der Waals surface area contributed by atoms with Gasteiger partial charge >= 0.3 is 6.18 Å². The Hall–Kier alpha value is -3.47. The highest BCUT2D eigenvalue weighted by Crippen LogP contribution is 2.37. The number of anilines is 2. The summed E-state index contributed by atoms with van der Waals surface area (Å²) >= 11 is 0. The smallest absolute Gasteiger partial charge is 0.390 e. The van der Waals surface area contributed by atoms with E-state index >= 15 is 0 Å². The Kier molecular flexibility index (Phi) is 6.54. The first kappa shape index (κ1) is 24.6. The maximum absolute atomic E-state index is 13.7. The number of aliphatic hydroxyl groups is 1. The van der Waals surface area contributed by atoms with E-state index in [0.717, 1.165) is 6.20 Å². The summed E-state index contributed by atoms with van der Waals surface area (Å²) in [4.78, 5) is 22.7. The Morgan fingerprint density at radius 2 is 2.03 bits per heavy atom. The SMILES string of the molecule is CCn1cc(-c2cccc(C(=O)Nc3cc(N4CC[C@@H](C(C)(C)O)C4)cnc3C(F)(F)F)n2)cn1. The number of aromatic nitrogens is 4. The Bertz CT molecular complexity index is 1220. The molecule has 2 N–H and O–H groups in total. The van der Waals surface area contributed by atoms with Gasteiger partial charge in [-0.05, 0) is 45.4 Å². The molecule has 1 aliphatic heterocycles. The minimum atomic E-state index is -4.76. The highest BCUT2D eigenvalue weighted by molar-refractivity contribution is 6.03. The zero-order valence-corrected chi connectivity index (χ0v) is 19.7. The molecule has 1 fully saturated rings. The Morgan fingerprint density at radius 1 is 1.26 bits per heavy atom. The van der Waals surface area contributed by atoms with Gasteiger partial charge in [-0.3, -0.25) is 9.48 Å². The Balaban J connectivity index is 1.61. The van der Waals surface area contributed by atoms with Crippen molar-refractivity contribution < 1.29 is 23.1 Å². The number of hydrogen-bond acceptors (Lipinski definition) is 6. The summed E-state index contributed by atoms with van der Waals surface area (Å²) < 4.78 is 42.7. The number of nitrogens with one attached hydrogen (secondary N) is 1. The van der Waals surface area contributed by atoms with E-state index in [1.54, 1.807) is 43.1 Å². The molecule has 0 bridgehead atoms. The van der Waals surface area contributed by atoms with Crippen LogP contribution in [0, 0.1) is 5.92 Å². The van der Waals surface area contributed by atoms with Gasteiger partial charge < -0.3 is 15.3 Å². The number of alkyl halides is 3. The molecule has 0 aromatic carbocycles. The van der Waals surface area contributed by atoms with Crippen LogP contribution in [0.5, 0.6) is 0 Å². The van der Waals surface area contributed by atoms with Crippen LogP contribution in [0.3, 0.4) is 0 Å². The number of nitrogens with zero attached hydrogens (tertiary/aromatic N) is 5. The van der Waals surface area contributed by atoms with Crippen LogP contribution in [-0.2, 0) is 12.7 Å². The highest BCUT2D eigenvalue weighted by Gasteiger charge is 2.38. The number of pyridine rings is 2. The average molecular weight is 489 g/mol. The van der Waals surface area contributed by atoms with E-state index in [-0.39, 0.29) is 11.6 Å². The first-order valence-corrected chi connectivity index (χ1v) is 11.3. The normalized spacial score (nSPS) is 16.5. The lowest BCUT2D eigenvalue weighted by atomic mass is 9.90. The van der Waals surface area contributed by atoms with Crippen molar-refractivity contribution in [2.45, 2.75) is 45.5 Å². The Morgan fingerprint density at radius 3 is 2.66 bits per heavy atom. The van der Waals surface area contributed by atoms with Crippen molar-refractivity contribution in [3.05, 3.63) is 54.2 Å². The van der Waals surface area contributed by atoms with E-state index in [1.807, 2.05) is 11.8 Å². The van der Waals surface area contributed by atoms with E-state index < -0.39 is 29.1 Å². The summed E-state index contributed by atoms with van der Waals surface area (Å²) in [7, 11) is 0. The van der Waals surface area contributed by atoms with Gasteiger partial charge in [0.25, 0.3) is 5.91 Å². The summed E-state index contributed by atoms with van der Waals surface area (Å²) in [6.07, 6.45) is 0.467. The topological polar surface area (TPSA) is 96.2 Å². The van der Waals surface area contributed by atoms with E-state index in [4.69, 9.17) is 0 Å². The molecule has 0 radical (unpaired) electrons. The number of rotatable bonds is 6. The third kappa shape index (κ3) is 5.45. The molecule has 3 aromatic rings. The maximum Gasteiger partial charge on any atom is 0.435 e. The second kappa shape index (κ2) is 9.29. The third-order valence-electron chi connectivity index (χ3n) is 6.18. The number of carbonyl (C=O) groups excluding carboxylic acids is 1. The van der Waals surface area contributed by atoms with Crippen molar-refractivity contribution in [3.8, 4) is 11.3 Å².